The van der Waals surface area contributed by atoms with Gasteiger partial charge in [0, 0.05) is 30.1 Å². The normalized spacial score (nSPS) is 13.3. The van der Waals surface area contributed by atoms with E-state index < -0.39 is 0 Å². The standard InChI is InChI=1S/C18H20N2O2/c1-3-21-16-10-13-7-9-20-18(14-6-5-8-19-12-14)15(13)11-17(16)22-4-2/h5-6,8,10-12H,3-4,7,9H2,1-2H3. The van der Waals surface area contributed by atoms with Crippen LogP contribution in [0.25, 0.3) is 0 Å². The van der Waals surface area contributed by atoms with E-state index in [1.54, 1.807) is 6.20 Å². The van der Waals surface area contributed by atoms with E-state index in [0.717, 1.165) is 41.3 Å². The molecule has 1 aliphatic heterocycles. The second-order valence-electron chi connectivity index (χ2n) is 5.04. The minimum Gasteiger partial charge on any atom is -0.490 e. The predicted molar refractivity (Wildman–Crippen MR) is 87.2 cm³/mol. The van der Waals surface area contributed by atoms with Crippen molar-refractivity contribution in [2.24, 2.45) is 4.99 Å². The van der Waals surface area contributed by atoms with Gasteiger partial charge < -0.3 is 9.47 Å². The Balaban J connectivity index is 2.07. The summed E-state index contributed by atoms with van der Waals surface area (Å²) in [5.41, 5.74) is 4.39. The molecule has 1 aliphatic rings. The van der Waals surface area contributed by atoms with Gasteiger partial charge in [0.05, 0.1) is 18.9 Å². The maximum absolute atomic E-state index is 5.74. The van der Waals surface area contributed by atoms with Gasteiger partial charge in [-0.1, -0.05) is 0 Å². The van der Waals surface area contributed by atoms with Crippen molar-refractivity contribution in [1.29, 1.82) is 0 Å². The molecule has 4 heteroatoms. The van der Waals surface area contributed by atoms with Gasteiger partial charge in [-0.3, -0.25) is 9.98 Å². The molecule has 0 spiro atoms. The number of hydrogen-bond acceptors (Lipinski definition) is 4. The van der Waals surface area contributed by atoms with Crippen molar-refractivity contribution in [3.8, 4) is 11.5 Å². The molecule has 0 amide bonds. The van der Waals surface area contributed by atoms with Crippen LogP contribution in [0.4, 0.5) is 0 Å². The van der Waals surface area contributed by atoms with Crippen LogP contribution in [0.1, 0.15) is 30.5 Å². The first-order valence-electron chi connectivity index (χ1n) is 7.71. The fraction of sp³-hybridized carbons (Fsp3) is 0.333. The summed E-state index contributed by atoms with van der Waals surface area (Å²) in [6.45, 7) is 5.99. The highest BCUT2D eigenvalue weighted by molar-refractivity contribution is 6.14. The van der Waals surface area contributed by atoms with Crippen molar-refractivity contribution in [3.05, 3.63) is 53.3 Å². The second-order valence-corrected chi connectivity index (χ2v) is 5.04. The van der Waals surface area contributed by atoms with Gasteiger partial charge in [-0.25, -0.2) is 0 Å². The van der Waals surface area contributed by atoms with Crippen molar-refractivity contribution in [1.82, 2.24) is 4.98 Å². The molecule has 3 rings (SSSR count). The molecular weight excluding hydrogens is 276 g/mol. The first-order valence-corrected chi connectivity index (χ1v) is 7.71. The van der Waals surface area contributed by atoms with E-state index in [0.29, 0.717) is 13.2 Å². The Hall–Kier alpha value is -2.36. The topological polar surface area (TPSA) is 43.7 Å². The number of ether oxygens (including phenoxy) is 2. The van der Waals surface area contributed by atoms with Crippen LogP contribution in [0.2, 0.25) is 0 Å². The molecule has 22 heavy (non-hydrogen) atoms. The molecule has 114 valence electrons. The lowest BCUT2D eigenvalue weighted by Gasteiger charge is -2.20. The summed E-state index contributed by atoms with van der Waals surface area (Å²) >= 11 is 0. The summed E-state index contributed by atoms with van der Waals surface area (Å²) < 4.78 is 11.5. The number of hydrogen-bond donors (Lipinski definition) is 0. The highest BCUT2D eigenvalue weighted by Crippen LogP contribution is 2.34. The molecule has 1 aromatic carbocycles. The van der Waals surface area contributed by atoms with Crippen molar-refractivity contribution in [3.63, 3.8) is 0 Å². The van der Waals surface area contributed by atoms with Crippen molar-refractivity contribution in [2.75, 3.05) is 19.8 Å². The van der Waals surface area contributed by atoms with E-state index in [1.807, 2.05) is 32.2 Å². The smallest absolute Gasteiger partial charge is 0.161 e. The van der Waals surface area contributed by atoms with Crippen LogP contribution < -0.4 is 9.47 Å². The van der Waals surface area contributed by atoms with E-state index in [2.05, 4.69) is 17.1 Å². The van der Waals surface area contributed by atoms with Crippen molar-refractivity contribution < 1.29 is 9.47 Å². The Morgan fingerprint density at radius 3 is 2.55 bits per heavy atom. The summed E-state index contributed by atoms with van der Waals surface area (Å²) in [6, 6.07) is 8.12. The van der Waals surface area contributed by atoms with Gasteiger partial charge in [0.1, 0.15) is 0 Å². The largest absolute Gasteiger partial charge is 0.490 e. The average molecular weight is 296 g/mol. The van der Waals surface area contributed by atoms with E-state index in [-0.39, 0.29) is 0 Å². The van der Waals surface area contributed by atoms with E-state index in [9.17, 15) is 0 Å². The third kappa shape index (κ3) is 2.82. The van der Waals surface area contributed by atoms with E-state index >= 15 is 0 Å². The van der Waals surface area contributed by atoms with Gasteiger partial charge in [0.15, 0.2) is 11.5 Å². The highest BCUT2D eigenvalue weighted by atomic mass is 16.5. The number of rotatable bonds is 5. The maximum atomic E-state index is 5.74. The molecule has 0 radical (unpaired) electrons. The minimum atomic E-state index is 0.609. The van der Waals surface area contributed by atoms with Crippen molar-refractivity contribution in [2.45, 2.75) is 20.3 Å². The number of nitrogens with zero attached hydrogens (tertiary/aromatic N) is 2. The van der Waals surface area contributed by atoms with Gasteiger partial charge in [0.25, 0.3) is 0 Å². The fourth-order valence-corrected chi connectivity index (χ4v) is 2.69. The van der Waals surface area contributed by atoms with Crippen LogP contribution in [-0.4, -0.2) is 30.5 Å². The quantitative estimate of drug-likeness (QED) is 0.850. The Morgan fingerprint density at radius 1 is 1.09 bits per heavy atom. The fourth-order valence-electron chi connectivity index (χ4n) is 2.69. The van der Waals surface area contributed by atoms with Gasteiger partial charge in [0.2, 0.25) is 0 Å². The van der Waals surface area contributed by atoms with Crippen molar-refractivity contribution >= 4 is 5.71 Å². The van der Waals surface area contributed by atoms with Crippen LogP contribution >= 0.6 is 0 Å². The first kappa shape index (κ1) is 14.6. The van der Waals surface area contributed by atoms with Crippen LogP contribution in [0.15, 0.2) is 41.7 Å². The molecule has 0 aliphatic carbocycles. The molecule has 1 aromatic heterocycles. The zero-order valence-electron chi connectivity index (χ0n) is 13.0. The number of aromatic nitrogens is 1. The molecule has 0 unspecified atom stereocenters. The minimum absolute atomic E-state index is 0.609. The third-order valence-corrected chi connectivity index (χ3v) is 3.61. The number of pyridine rings is 1. The maximum Gasteiger partial charge on any atom is 0.161 e. The Kier molecular flexibility index (Phi) is 4.37. The molecule has 0 saturated carbocycles. The Labute approximate surface area is 130 Å². The lowest BCUT2D eigenvalue weighted by atomic mass is 9.93. The summed E-state index contributed by atoms with van der Waals surface area (Å²) in [4.78, 5) is 8.90. The Bertz CT molecular complexity index is 681. The lowest BCUT2D eigenvalue weighted by Crippen LogP contribution is -2.15. The average Bonchev–Trinajstić information content (AvgIpc) is 2.56. The zero-order valence-corrected chi connectivity index (χ0v) is 13.0. The zero-order chi connectivity index (χ0) is 15.4. The molecule has 0 saturated heterocycles. The molecular formula is C18H20N2O2. The number of fused-ring (bicyclic) bond motifs is 1. The number of aliphatic imine (C=N–C) groups is 1. The molecule has 4 nitrogen and oxygen atoms in total. The Morgan fingerprint density at radius 2 is 1.86 bits per heavy atom. The van der Waals surface area contributed by atoms with Crippen LogP contribution in [0.5, 0.6) is 11.5 Å². The summed E-state index contributed by atoms with van der Waals surface area (Å²) in [5, 5.41) is 0. The molecule has 0 bridgehead atoms. The molecule has 2 heterocycles. The number of benzene rings is 1. The summed E-state index contributed by atoms with van der Waals surface area (Å²) in [5.74, 6) is 1.59. The van der Waals surface area contributed by atoms with Crippen LogP contribution in [0.3, 0.4) is 0 Å². The van der Waals surface area contributed by atoms with Gasteiger partial charge in [-0.15, -0.1) is 0 Å². The van der Waals surface area contributed by atoms with Crippen LogP contribution in [0, 0.1) is 0 Å². The molecule has 0 atom stereocenters. The highest BCUT2D eigenvalue weighted by Gasteiger charge is 2.20. The molecule has 0 N–H and O–H groups in total. The van der Waals surface area contributed by atoms with Gasteiger partial charge >= 0.3 is 0 Å². The predicted octanol–water partition coefficient (Wildman–Crippen LogP) is 3.27. The van der Waals surface area contributed by atoms with Gasteiger partial charge in [-0.05, 0) is 50.1 Å². The van der Waals surface area contributed by atoms with E-state index in [4.69, 9.17) is 14.5 Å². The first-order chi connectivity index (χ1) is 10.8. The second kappa shape index (κ2) is 6.60. The summed E-state index contributed by atoms with van der Waals surface area (Å²) in [7, 11) is 0. The lowest BCUT2D eigenvalue weighted by molar-refractivity contribution is 0.287. The SMILES string of the molecule is CCOc1cc2c(cc1OCC)C(c1cccnc1)=NCC2. The summed E-state index contributed by atoms with van der Waals surface area (Å²) in [6.07, 6.45) is 4.55. The van der Waals surface area contributed by atoms with Gasteiger partial charge in [-0.2, -0.15) is 0 Å². The third-order valence-electron chi connectivity index (χ3n) is 3.61. The monoisotopic (exact) mass is 296 g/mol. The molecule has 0 fully saturated rings. The molecule has 2 aromatic rings. The van der Waals surface area contributed by atoms with E-state index in [1.165, 1.54) is 5.56 Å². The van der Waals surface area contributed by atoms with Crippen LogP contribution in [-0.2, 0) is 6.42 Å².